The molecule has 1 rings (SSSR count). The van der Waals surface area contributed by atoms with E-state index in [9.17, 15) is 4.79 Å². The molecule has 0 saturated carbocycles. The van der Waals surface area contributed by atoms with Crippen molar-refractivity contribution >= 4 is 28.6 Å². The van der Waals surface area contributed by atoms with Gasteiger partial charge in [0.1, 0.15) is 0 Å². The highest BCUT2D eigenvalue weighted by molar-refractivity contribution is 14.1. The quantitative estimate of drug-likeness (QED) is 0.843. The van der Waals surface area contributed by atoms with E-state index < -0.39 is 5.97 Å². The van der Waals surface area contributed by atoms with Gasteiger partial charge in [-0.1, -0.05) is 6.07 Å². The van der Waals surface area contributed by atoms with Gasteiger partial charge in [-0.05, 0) is 40.3 Å². The highest BCUT2D eigenvalue weighted by Gasteiger charge is 2.09. The van der Waals surface area contributed by atoms with Crippen molar-refractivity contribution in [3.05, 3.63) is 32.9 Å². The van der Waals surface area contributed by atoms with E-state index in [0.717, 1.165) is 3.57 Å². The van der Waals surface area contributed by atoms with Crippen LogP contribution >= 0.6 is 22.6 Å². The van der Waals surface area contributed by atoms with E-state index in [-0.39, 0.29) is 6.42 Å². The first-order valence-electron chi connectivity index (χ1n) is 3.54. The molecule has 3 nitrogen and oxygen atoms in total. The molecule has 0 aliphatic heterocycles. The second-order valence-electron chi connectivity index (χ2n) is 2.45. The van der Waals surface area contributed by atoms with Crippen LogP contribution < -0.4 is 0 Å². The van der Waals surface area contributed by atoms with Gasteiger partial charge in [0.2, 0.25) is 0 Å². The monoisotopic (exact) mass is 287 g/mol. The largest absolute Gasteiger partial charge is 0.481 e. The first kappa shape index (κ1) is 9.99. The molecule has 4 heteroatoms. The van der Waals surface area contributed by atoms with Crippen molar-refractivity contribution in [2.24, 2.45) is 0 Å². The zero-order valence-corrected chi connectivity index (χ0v) is 8.78. The summed E-state index contributed by atoms with van der Waals surface area (Å²) in [5.41, 5.74) is 1.03. The molecular formula is C9H6INO2. The van der Waals surface area contributed by atoms with E-state index >= 15 is 0 Å². The number of benzene rings is 1. The third-order valence-electron chi connectivity index (χ3n) is 1.57. The van der Waals surface area contributed by atoms with Crippen LogP contribution in [0.2, 0.25) is 0 Å². The molecule has 0 aromatic heterocycles. The Hall–Kier alpha value is -1.09. The second-order valence-corrected chi connectivity index (χ2v) is 3.61. The average molecular weight is 287 g/mol. The smallest absolute Gasteiger partial charge is 0.307 e. The SMILES string of the molecule is N#Cc1cccc(I)c1CC(=O)O. The lowest BCUT2D eigenvalue weighted by molar-refractivity contribution is -0.136. The Morgan fingerprint density at radius 3 is 2.85 bits per heavy atom. The number of halogens is 1. The summed E-state index contributed by atoms with van der Waals surface area (Å²) >= 11 is 2.03. The van der Waals surface area contributed by atoms with Crippen molar-refractivity contribution in [2.45, 2.75) is 6.42 Å². The predicted octanol–water partition coefficient (Wildman–Crippen LogP) is 1.79. The lowest BCUT2D eigenvalue weighted by Gasteiger charge is -2.02. The van der Waals surface area contributed by atoms with Gasteiger partial charge in [0.25, 0.3) is 0 Å². The van der Waals surface area contributed by atoms with Crippen molar-refractivity contribution < 1.29 is 9.90 Å². The van der Waals surface area contributed by atoms with Crippen LogP contribution in [-0.4, -0.2) is 11.1 Å². The number of hydrogen-bond acceptors (Lipinski definition) is 2. The lowest BCUT2D eigenvalue weighted by Crippen LogP contribution is -2.04. The van der Waals surface area contributed by atoms with Gasteiger partial charge < -0.3 is 5.11 Å². The molecule has 0 spiro atoms. The topological polar surface area (TPSA) is 61.1 Å². The number of rotatable bonds is 2. The minimum absolute atomic E-state index is 0.0952. The molecule has 0 amide bonds. The normalized spacial score (nSPS) is 9.23. The Bertz CT molecular complexity index is 382. The Labute approximate surface area is 89.1 Å². The molecule has 13 heavy (non-hydrogen) atoms. The Morgan fingerprint density at radius 2 is 2.31 bits per heavy atom. The van der Waals surface area contributed by atoms with Crippen molar-refractivity contribution in [3.8, 4) is 6.07 Å². The van der Waals surface area contributed by atoms with Gasteiger partial charge in [-0.2, -0.15) is 5.26 Å². The number of carbonyl (C=O) groups is 1. The fraction of sp³-hybridized carbons (Fsp3) is 0.111. The zero-order chi connectivity index (χ0) is 9.84. The van der Waals surface area contributed by atoms with Crippen molar-refractivity contribution in [1.29, 1.82) is 5.26 Å². The Kier molecular flexibility index (Phi) is 3.25. The van der Waals surface area contributed by atoms with E-state index in [2.05, 4.69) is 0 Å². The molecule has 0 aliphatic rings. The minimum atomic E-state index is -0.916. The summed E-state index contributed by atoms with van der Waals surface area (Å²) in [5, 5.41) is 17.3. The zero-order valence-electron chi connectivity index (χ0n) is 6.62. The molecule has 1 N–H and O–H groups in total. The number of aliphatic carboxylic acids is 1. The van der Waals surface area contributed by atoms with Gasteiger partial charge in [0, 0.05) is 3.57 Å². The highest BCUT2D eigenvalue weighted by atomic mass is 127. The molecule has 0 fully saturated rings. The fourth-order valence-electron chi connectivity index (χ4n) is 0.994. The van der Waals surface area contributed by atoms with Gasteiger partial charge in [0.15, 0.2) is 0 Å². The molecule has 0 atom stereocenters. The van der Waals surface area contributed by atoms with E-state index in [1.165, 1.54) is 0 Å². The van der Waals surface area contributed by atoms with Gasteiger partial charge in [-0.25, -0.2) is 0 Å². The Morgan fingerprint density at radius 1 is 1.62 bits per heavy atom. The van der Waals surface area contributed by atoms with Crippen LogP contribution in [0.4, 0.5) is 0 Å². The van der Waals surface area contributed by atoms with Crippen LogP contribution in [0, 0.1) is 14.9 Å². The van der Waals surface area contributed by atoms with Crippen LogP contribution in [0.15, 0.2) is 18.2 Å². The standard InChI is InChI=1S/C9H6INO2/c10-8-3-1-2-6(5-11)7(8)4-9(12)13/h1-3H,4H2,(H,12,13). The molecule has 0 bridgehead atoms. The molecular weight excluding hydrogens is 281 g/mol. The van der Waals surface area contributed by atoms with Gasteiger partial charge in [0.05, 0.1) is 18.1 Å². The van der Waals surface area contributed by atoms with Gasteiger partial charge in [-0.15, -0.1) is 0 Å². The maximum atomic E-state index is 10.5. The van der Waals surface area contributed by atoms with Crippen LogP contribution in [0.3, 0.4) is 0 Å². The van der Waals surface area contributed by atoms with Crippen molar-refractivity contribution in [2.75, 3.05) is 0 Å². The minimum Gasteiger partial charge on any atom is -0.481 e. The van der Waals surface area contributed by atoms with Gasteiger partial charge in [-0.3, -0.25) is 4.79 Å². The second kappa shape index (κ2) is 4.23. The number of carboxylic acid groups (broad SMARTS) is 1. The summed E-state index contributed by atoms with van der Waals surface area (Å²) in [5.74, 6) is -0.916. The summed E-state index contributed by atoms with van der Waals surface area (Å²) in [4.78, 5) is 10.5. The first-order chi connectivity index (χ1) is 6.15. The van der Waals surface area contributed by atoms with E-state index in [1.54, 1.807) is 18.2 Å². The van der Waals surface area contributed by atoms with Crippen molar-refractivity contribution in [3.63, 3.8) is 0 Å². The molecule has 0 radical (unpaired) electrons. The number of carboxylic acids is 1. The fourth-order valence-corrected chi connectivity index (χ4v) is 1.68. The molecule has 1 aromatic carbocycles. The van der Waals surface area contributed by atoms with Crippen LogP contribution in [0.1, 0.15) is 11.1 Å². The third-order valence-corrected chi connectivity index (χ3v) is 2.58. The first-order valence-corrected chi connectivity index (χ1v) is 4.62. The highest BCUT2D eigenvalue weighted by Crippen LogP contribution is 2.16. The summed E-state index contributed by atoms with van der Waals surface area (Å²) in [6.07, 6.45) is -0.0952. The number of nitrogens with zero attached hydrogens (tertiary/aromatic N) is 1. The van der Waals surface area contributed by atoms with E-state index in [1.807, 2.05) is 28.7 Å². The molecule has 0 saturated heterocycles. The maximum absolute atomic E-state index is 10.5. The summed E-state index contributed by atoms with van der Waals surface area (Å²) < 4.78 is 0.819. The molecule has 0 aliphatic carbocycles. The molecule has 66 valence electrons. The van der Waals surface area contributed by atoms with E-state index in [0.29, 0.717) is 11.1 Å². The van der Waals surface area contributed by atoms with E-state index in [4.69, 9.17) is 10.4 Å². The molecule has 0 unspecified atom stereocenters. The number of hydrogen-bond donors (Lipinski definition) is 1. The maximum Gasteiger partial charge on any atom is 0.307 e. The van der Waals surface area contributed by atoms with Crippen LogP contribution in [-0.2, 0) is 11.2 Å². The predicted molar refractivity (Wildman–Crippen MR) is 55.2 cm³/mol. The third kappa shape index (κ3) is 2.42. The summed E-state index contributed by atoms with van der Waals surface area (Å²) in [6, 6.07) is 7.13. The molecule has 1 aromatic rings. The van der Waals surface area contributed by atoms with Crippen LogP contribution in [0.25, 0.3) is 0 Å². The van der Waals surface area contributed by atoms with Crippen LogP contribution in [0.5, 0.6) is 0 Å². The Balaban J connectivity index is 3.17. The molecule has 0 heterocycles. The number of nitriles is 1. The van der Waals surface area contributed by atoms with Gasteiger partial charge >= 0.3 is 5.97 Å². The average Bonchev–Trinajstić information content (AvgIpc) is 2.08. The lowest BCUT2D eigenvalue weighted by atomic mass is 10.1. The van der Waals surface area contributed by atoms with Crippen molar-refractivity contribution in [1.82, 2.24) is 0 Å². The summed E-state index contributed by atoms with van der Waals surface area (Å²) in [7, 11) is 0. The summed E-state index contributed by atoms with van der Waals surface area (Å²) in [6.45, 7) is 0.